The molecule has 0 spiro atoms. The lowest BCUT2D eigenvalue weighted by molar-refractivity contribution is -0.0515. The summed E-state index contributed by atoms with van der Waals surface area (Å²) in [6.45, 7) is 3.83. The van der Waals surface area contributed by atoms with Crippen molar-refractivity contribution in [3.8, 4) is 0 Å². The van der Waals surface area contributed by atoms with Crippen molar-refractivity contribution in [3.63, 3.8) is 0 Å². The number of hydrogen-bond donors (Lipinski definition) is 1. The van der Waals surface area contributed by atoms with E-state index in [0.717, 1.165) is 17.0 Å². The van der Waals surface area contributed by atoms with Crippen molar-refractivity contribution < 1.29 is 8.78 Å². The summed E-state index contributed by atoms with van der Waals surface area (Å²) < 4.78 is 28.2. The fourth-order valence-corrected chi connectivity index (χ4v) is 2.81. The van der Waals surface area contributed by atoms with Crippen LogP contribution in [-0.2, 0) is 12.6 Å². The van der Waals surface area contributed by atoms with E-state index in [-0.39, 0.29) is 12.8 Å². The Morgan fingerprint density at radius 3 is 2.12 bits per heavy atom. The second-order valence-electron chi connectivity index (χ2n) is 5.18. The lowest BCUT2D eigenvalue weighted by Gasteiger charge is -2.37. The largest absolute Gasteiger partial charge is 0.321 e. The minimum atomic E-state index is -2.55. The topological polar surface area (TPSA) is 43.8 Å². The molecule has 0 aromatic carbocycles. The van der Waals surface area contributed by atoms with Gasteiger partial charge in [-0.15, -0.1) is 0 Å². The van der Waals surface area contributed by atoms with E-state index in [1.54, 1.807) is 4.68 Å². The van der Waals surface area contributed by atoms with Gasteiger partial charge in [-0.05, 0) is 26.7 Å². The molecule has 2 N–H and O–H groups in total. The first-order chi connectivity index (χ1) is 7.75. The van der Waals surface area contributed by atoms with Gasteiger partial charge >= 0.3 is 0 Å². The van der Waals surface area contributed by atoms with Crippen molar-refractivity contribution in [2.24, 2.45) is 12.8 Å². The van der Waals surface area contributed by atoms with Gasteiger partial charge in [0.05, 0.1) is 5.69 Å². The van der Waals surface area contributed by atoms with Gasteiger partial charge in [0, 0.05) is 36.7 Å². The third-order valence-electron chi connectivity index (χ3n) is 3.88. The Hall–Kier alpha value is -0.970. The van der Waals surface area contributed by atoms with Crippen molar-refractivity contribution in [1.82, 2.24) is 9.78 Å². The van der Waals surface area contributed by atoms with Crippen LogP contribution in [0.1, 0.15) is 42.6 Å². The molecule has 0 radical (unpaired) electrons. The molecule has 3 nitrogen and oxygen atoms in total. The normalized spacial score (nSPS) is 22.7. The quantitative estimate of drug-likeness (QED) is 0.823. The highest BCUT2D eigenvalue weighted by Gasteiger charge is 2.44. The number of hydrogen-bond acceptors (Lipinski definition) is 2. The van der Waals surface area contributed by atoms with E-state index < -0.39 is 11.5 Å². The Labute approximate surface area is 100.0 Å². The molecule has 2 rings (SSSR count). The highest BCUT2D eigenvalue weighted by atomic mass is 19.3. The zero-order valence-electron chi connectivity index (χ0n) is 10.6. The third-order valence-corrected chi connectivity index (χ3v) is 3.88. The molecule has 0 aliphatic heterocycles. The van der Waals surface area contributed by atoms with Gasteiger partial charge in [0.1, 0.15) is 0 Å². The fourth-order valence-electron chi connectivity index (χ4n) is 2.81. The molecule has 1 heterocycles. The summed E-state index contributed by atoms with van der Waals surface area (Å²) in [5.74, 6) is -2.55. The molecule has 1 aliphatic carbocycles. The second-order valence-corrected chi connectivity index (χ2v) is 5.18. The number of alkyl halides is 2. The summed E-state index contributed by atoms with van der Waals surface area (Å²) in [6.07, 6.45) is 0.398. The molecule has 17 heavy (non-hydrogen) atoms. The number of nitrogens with two attached hydrogens (primary N) is 1. The first kappa shape index (κ1) is 12.5. The molecular formula is C12H19F2N3. The van der Waals surface area contributed by atoms with Crippen molar-refractivity contribution >= 4 is 0 Å². The standard InChI is InChI=1S/C12H19F2N3/c1-8-10(9(2)17(3)16-8)11(15)4-6-12(13,14)7-5-11/h4-7,15H2,1-3H3. The van der Waals surface area contributed by atoms with E-state index in [4.69, 9.17) is 5.73 Å². The SMILES string of the molecule is Cc1nn(C)c(C)c1C1(N)CCC(F)(F)CC1. The predicted octanol–water partition coefficient (Wildman–Crippen LogP) is 2.40. The molecule has 1 aromatic rings. The number of aromatic nitrogens is 2. The molecule has 0 atom stereocenters. The minimum Gasteiger partial charge on any atom is -0.321 e. The van der Waals surface area contributed by atoms with Crippen LogP contribution in [0.4, 0.5) is 8.78 Å². The van der Waals surface area contributed by atoms with E-state index in [1.165, 1.54) is 0 Å². The molecular weight excluding hydrogens is 224 g/mol. The van der Waals surface area contributed by atoms with E-state index in [1.807, 2.05) is 20.9 Å². The Morgan fingerprint density at radius 2 is 1.71 bits per heavy atom. The molecule has 96 valence electrons. The van der Waals surface area contributed by atoms with Crippen molar-refractivity contribution in [2.75, 3.05) is 0 Å². The Balaban J connectivity index is 2.34. The van der Waals surface area contributed by atoms with Gasteiger partial charge in [-0.25, -0.2) is 8.78 Å². The van der Waals surface area contributed by atoms with E-state index in [0.29, 0.717) is 12.8 Å². The van der Waals surface area contributed by atoms with E-state index in [9.17, 15) is 8.78 Å². The Bertz CT molecular complexity index is 427. The van der Waals surface area contributed by atoms with Gasteiger partial charge in [0.15, 0.2) is 0 Å². The minimum absolute atomic E-state index is 0.128. The molecule has 1 fully saturated rings. The molecule has 0 amide bonds. The van der Waals surface area contributed by atoms with Crippen molar-refractivity contribution in [1.29, 1.82) is 0 Å². The van der Waals surface area contributed by atoms with E-state index in [2.05, 4.69) is 5.10 Å². The first-order valence-electron chi connectivity index (χ1n) is 5.93. The maximum absolute atomic E-state index is 13.2. The van der Waals surface area contributed by atoms with Crippen LogP contribution < -0.4 is 5.73 Å². The average Bonchev–Trinajstić information content (AvgIpc) is 2.47. The lowest BCUT2D eigenvalue weighted by atomic mass is 9.75. The summed E-state index contributed by atoms with van der Waals surface area (Å²) in [5, 5.41) is 4.32. The summed E-state index contributed by atoms with van der Waals surface area (Å²) >= 11 is 0. The molecule has 1 aromatic heterocycles. The summed E-state index contributed by atoms with van der Waals surface area (Å²) in [6, 6.07) is 0. The number of nitrogens with zero attached hydrogens (tertiary/aromatic N) is 2. The molecule has 0 bridgehead atoms. The van der Waals surface area contributed by atoms with Crippen LogP contribution in [-0.4, -0.2) is 15.7 Å². The number of rotatable bonds is 1. The van der Waals surface area contributed by atoms with Crippen LogP contribution in [0, 0.1) is 13.8 Å². The molecule has 1 aliphatic rings. The monoisotopic (exact) mass is 243 g/mol. The van der Waals surface area contributed by atoms with E-state index >= 15 is 0 Å². The van der Waals surface area contributed by atoms with Crippen molar-refractivity contribution in [2.45, 2.75) is 51.0 Å². The summed E-state index contributed by atoms with van der Waals surface area (Å²) in [4.78, 5) is 0. The number of aryl methyl sites for hydroxylation is 2. The van der Waals surface area contributed by atoms with Crippen molar-refractivity contribution in [3.05, 3.63) is 17.0 Å². The van der Waals surface area contributed by atoms with Crippen LogP contribution in [0.15, 0.2) is 0 Å². The Morgan fingerprint density at radius 1 is 1.18 bits per heavy atom. The Kier molecular flexibility index (Phi) is 2.77. The third kappa shape index (κ3) is 2.08. The van der Waals surface area contributed by atoms with Gasteiger partial charge in [-0.3, -0.25) is 4.68 Å². The van der Waals surface area contributed by atoms with Crippen LogP contribution in [0.2, 0.25) is 0 Å². The fraction of sp³-hybridized carbons (Fsp3) is 0.750. The molecule has 0 saturated heterocycles. The second kappa shape index (κ2) is 3.77. The predicted molar refractivity (Wildman–Crippen MR) is 62.0 cm³/mol. The maximum Gasteiger partial charge on any atom is 0.248 e. The average molecular weight is 243 g/mol. The first-order valence-corrected chi connectivity index (χ1v) is 5.93. The highest BCUT2D eigenvalue weighted by Crippen LogP contribution is 2.43. The molecule has 0 unspecified atom stereocenters. The van der Waals surface area contributed by atoms with Gasteiger partial charge < -0.3 is 5.73 Å². The van der Waals surface area contributed by atoms with Crippen LogP contribution in [0.25, 0.3) is 0 Å². The highest BCUT2D eigenvalue weighted by molar-refractivity contribution is 5.33. The van der Waals surface area contributed by atoms with Gasteiger partial charge in [0.2, 0.25) is 5.92 Å². The van der Waals surface area contributed by atoms with Crippen LogP contribution in [0.5, 0.6) is 0 Å². The maximum atomic E-state index is 13.2. The molecule has 1 saturated carbocycles. The van der Waals surface area contributed by atoms with Gasteiger partial charge in [-0.1, -0.05) is 0 Å². The lowest BCUT2D eigenvalue weighted by Crippen LogP contribution is -2.44. The summed E-state index contributed by atoms with van der Waals surface area (Å²) in [5.41, 5.74) is 8.49. The van der Waals surface area contributed by atoms with Crippen LogP contribution in [0.3, 0.4) is 0 Å². The zero-order chi connectivity index (χ0) is 12.8. The van der Waals surface area contributed by atoms with Gasteiger partial charge in [-0.2, -0.15) is 5.10 Å². The molecule has 5 heteroatoms. The zero-order valence-corrected chi connectivity index (χ0v) is 10.6. The smallest absolute Gasteiger partial charge is 0.248 e. The number of halogens is 2. The van der Waals surface area contributed by atoms with Gasteiger partial charge in [0.25, 0.3) is 0 Å². The summed E-state index contributed by atoms with van der Waals surface area (Å²) in [7, 11) is 1.85. The van der Waals surface area contributed by atoms with Crippen LogP contribution >= 0.6 is 0 Å².